The van der Waals surface area contributed by atoms with Gasteiger partial charge in [-0.15, -0.1) is 0 Å². The molecule has 2 atom stereocenters. The second-order valence-electron chi connectivity index (χ2n) is 9.17. The highest BCUT2D eigenvalue weighted by molar-refractivity contribution is 5.05. The zero-order valence-corrected chi connectivity index (χ0v) is 13.8. The Balaban J connectivity index is 1.42. The predicted molar refractivity (Wildman–Crippen MR) is 84.9 cm³/mol. The zero-order chi connectivity index (χ0) is 14.4. The van der Waals surface area contributed by atoms with Crippen molar-refractivity contribution in [2.24, 2.45) is 23.2 Å². The van der Waals surface area contributed by atoms with Crippen LogP contribution in [0.2, 0.25) is 0 Å². The van der Waals surface area contributed by atoms with Crippen molar-refractivity contribution in [1.82, 2.24) is 0 Å². The summed E-state index contributed by atoms with van der Waals surface area (Å²) in [7, 11) is 0. The third-order valence-electron chi connectivity index (χ3n) is 7.44. The van der Waals surface area contributed by atoms with Gasteiger partial charge in [0.1, 0.15) is 12.1 Å². The van der Waals surface area contributed by atoms with Crippen molar-refractivity contribution < 1.29 is 10.4 Å². The van der Waals surface area contributed by atoms with Gasteiger partial charge in [0.25, 0.3) is 0 Å². The number of aliphatic hydroxyl groups excluding tert-OH is 1. The summed E-state index contributed by atoms with van der Waals surface area (Å²) >= 11 is 0. The van der Waals surface area contributed by atoms with Gasteiger partial charge in [-0.25, -0.2) is 0 Å². The zero-order valence-electron chi connectivity index (χ0n) is 13.8. The van der Waals surface area contributed by atoms with Crippen LogP contribution in [0.4, 0.5) is 0 Å². The van der Waals surface area contributed by atoms with Crippen LogP contribution < -0.4 is 5.32 Å². The van der Waals surface area contributed by atoms with Crippen LogP contribution in [0.5, 0.6) is 0 Å². The lowest BCUT2D eigenvalue weighted by Gasteiger charge is -2.58. The van der Waals surface area contributed by atoms with Crippen molar-refractivity contribution in [2.45, 2.75) is 95.7 Å². The number of rotatable bonds is 4. The third-order valence-corrected chi connectivity index (χ3v) is 7.44. The fraction of sp³-hybridized carbons (Fsp3) is 1.00. The van der Waals surface area contributed by atoms with Gasteiger partial charge < -0.3 is 10.4 Å². The maximum absolute atomic E-state index is 11.2. The Hall–Kier alpha value is -0.0800. The lowest BCUT2D eigenvalue weighted by atomic mass is 9.47. The standard InChI is InChI=1S/C19H33NO/c1-13(20-17-5-3-2-4-6-17)18(21)19-10-14-7-15(11-19)9-16(8-14)12-19/h13-18,20-21H,2-12H2,1H3/p+1/t13-,14?,15?,16?,18+,19?/m1/s1. The van der Waals surface area contributed by atoms with Gasteiger partial charge in [-0.05, 0) is 88.9 Å². The van der Waals surface area contributed by atoms with E-state index in [-0.39, 0.29) is 6.10 Å². The summed E-state index contributed by atoms with van der Waals surface area (Å²) in [6, 6.07) is 1.20. The van der Waals surface area contributed by atoms with E-state index in [1.165, 1.54) is 70.6 Å². The first-order valence-electron chi connectivity index (χ1n) is 9.68. The molecule has 0 spiro atoms. The summed E-state index contributed by atoms with van der Waals surface area (Å²) in [5, 5.41) is 13.7. The molecule has 5 saturated carbocycles. The normalized spacial score (nSPS) is 45.7. The monoisotopic (exact) mass is 292 g/mol. The number of nitrogens with two attached hydrogens (primary N) is 1. The highest BCUT2D eigenvalue weighted by Gasteiger charge is 2.55. The molecule has 3 N–H and O–H groups in total. The van der Waals surface area contributed by atoms with Gasteiger partial charge in [-0.2, -0.15) is 0 Å². The Bertz CT molecular complexity index is 338. The Morgan fingerprint density at radius 2 is 1.43 bits per heavy atom. The van der Waals surface area contributed by atoms with E-state index in [9.17, 15) is 5.11 Å². The summed E-state index contributed by atoms with van der Waals surface area (Å²) in [6.07, 6.45) is 15.4. The van der Waals surface area contributed by atoms with E-state index in [0.29, 0.717) is 11.5 Å². The minimum absolute atomic E-state index is 0.0622. The van der Waals surface area contributed by atoms with Crippen molar-refractivity contribution in [2.75, 3.05) is 0 Å². The maximum atomic E-state index is 11.2. The Morgan fingerprint density at radius 1 is 0.905 bits per heavy atom. The average Bonchev–Trinajstić information content (AvgIpc) is 2.46. The molecule has 2 nitrogen and oxygen atoms in total. The van der Waals surface area contributed by atoms with Gasteiger partial charge in [-0.3, -0.25) is 0 Å². The van der Waals surface area contributed by atoms with Crippen LogP contribution >= 0.6 is 0 Å². The summed E-state index contributed by atoms with van der Waals surface area (Å²) < 4.78 is 0. The summed E-state index contributed by atoms with van der Waals surface area (Å²) in [5.41, 5.74) is 0.305. The molecule has 0 amide bonds. The van der Waals surface area contributed by atoms with Crippen LogP contribution in [-0.2, 0) is 0 Å². The summed E-state index contributed by atoms with van der Waals surface area (Å²) in [4.78, 5) is 0. The molecule has 0 radical (unpaired) electrons. The van der Waals surface area contributed by atoms with Crippen molar-refractivity contribution >= 4 is 0 Å². The van der Waals surface area contributed by atoms with Crippen molar-refractivity contribution in [3.05, 3.63) is 0 Å². The molecule has 0 aromatic heterocycles. The molecular formula is C19H34NO+. The Morgan fingerprint density at radius 3 is 1.95 bits per heavy atom. The van der Waals surface area contributed by atoms with Crippen LogP contribution in [0.1, 0.15) is 77.6 Å². The molecule has 5 fully saturated rings. The number of hydrogen-bond donors (Lipinski definition) is 2. The minimum Gasteiger partial charge on any atom is -0.386 e. The molecule has 5 aliphatic rings. The molecule has 0 saturated heterocycles. The van der Waals surface area contributed by atoms with Gasteiger partial charge in [-0.1, -0.05) is 6.42 Å². The lowest BCUT2D eigenvalue weighted by molar-refractivity contribution is -0.729. The number of aliphatic hydroxyl groups is 1. The van der Waals surface area contributed by atoms with Crippen LogP contribution in [0.15, 0.2) is 0 Å². The topological polar surface area (TPSA) is 36.8 Å². The van der Waals surface area contributed by atoms with E-state index in [1.54, 1.807) is 0 Å². The minimum atomic E-state index is -0.0622. The number of quaternary nitrogens is 1. The van der Waals surface area contributed by atoms with Gasteiger partial charge in [0, 0.05) is 5.41 Å². The van der Waals surface area contributed by atoms with E-state index in [1.807, 2.05) is 0 Å². The first-order chi connectivity index (χ1) is 10.1. The average molecular weight is 292 g/mol. The van der Waals surface area contributed by atoms with Crippen LogP contribution in [0, 0.1) is 23.2 Å². The molecule has 5 rings (SSSR count). The lowest BCUT2D eigenvalue weighted by Crippen LogP contribution is -2.97. The highest BCUT2D eigenvalue weighted by Crippen LogP contribution is 2.61. The molecule has 2 heteroatoms. The SMILES string of the molecule is C[C@@H]([NH2+]C1CCCCC1)[C@H](O)C12CC3CC(CC(C3)C1)C2. The van der Waals surface area contributed by atoms with Gasteiger partial charge in [0.05, 0.1) is 6.04 Å². The molecule has 0 aromatic carbocycles. The Kier molecular flexibility index (Phi) is 3.82. The molecule has 0 aromatic rings. The number of hydrogen-bond acceptors (Lipinski definition) is 1. The second-order valence-corrected chi connectivity index (χ2v) is 9.17. The molecule has 21 heavy (non-hydrogen) atoms. The molecule has 4 bridgehead atoms. The second kappa shape index (κ2) is 5.53. The smallest absolute Gasteiger partial charge is 0.111 e. The Labute approximate surface area is 130 Å². The predicted octanol–water partition coefficient (Wildman–Crippen LogP) is 2.85. The first-order valence-corrected chi connectivity index (χ1v) is 9.68. The fourth-order valence-corrected chi connectivity index (χ4v) is 6.96. The first kappa shape index (κ1) is 14.5. The fourth-order valence-electron chi connectivity index (χ4n) is 6.96. The molecule has 120 valence electrons. The van der Waals surface area contributed by atoms with Gasteiger partial charge in [0.15, 0.2) is 0 Å². The van der Waals surface area contributed by atoms with E-state index in [4.69, 9.17) is 0 Å². The van der Waals surface area contributed by atoms with Crippen LogP contribution in [-0.4, -0.2) is 23.3 Å². The van der Waals surface area contributed by atoms with Crippen molar-refractivity contribution in [3.8, 4) is 0 Å². The van der Waals surface area contributed by atoms with Crippen molar-refractivity contribution in [1.29, 1.82) is 0 Å². The highest BCUT2D eigenvalue weighted by atomic mass is 16.3. The molecule has 0 aliphatic heterocycles. The summed E-state index contributed by atoms with van der Waals surface area (Å²) in [6.45, 7) is 2.30. The summed E-state index contributed by atoms with van der Waals surface area (Å²) in [5.74, 6) is 2.85. The quantitative estimate of drug-likeness (QED) is 0.821. The largest absolute Gasteiger partial charge is 0.386 e. The van der Waals surface area contributed by atoms with Crippen LogP contribution in [0.25, 0.3) is 0 Å². The molecule has 0 heterocycles. The molecule has 5 aliphatic carbocycles. The third kappa shape index (κ3) is 2.67. The van der Waals surface area contributed by atoms with Gasteiger partial charge >= 0.3 is 0 Å². The van der Waals surface area contributed by atoms with Crippen molar-refractivity contribution in [3.63, 3.8) is 0 Å². The molecular weight excluding hydrogens is 258 g/mol. The van der Waals surface area contributed by atoms with E-state index >= 15 is 0 Å². The van der Waals surface area contributed by atoms with E-state index < -0.39 is 0 Å². The molecule has 0 unspecified atom stereocenters. The maximum Gasteiger partial charge on any atom is 0.111 e. The van der Waals surface area contributed by atoms with Crippen LogP contribution in [0.3, 0.4) is 0 Å². The van der Waals surface area contributed by atoms with E-state index in [0.717, 1.165) is 23.8 Å². The van der Waals surface area contributed by atoms with Gasteiger partial charge in [0.2, 0.25) is 0 Å². The van der Waals surface area contributed by atoms with E-state index in [2.05, 4.69) is 12.2 Å².